The Kier molecular flexibility index (Phi) is 2.60. The first-order chi connectivity index (χ1) is 6.74. The molecule has 1 aromatic rings. The van der Waals surface area contributed by atoms with Crippen LogP contribution in [0.2, 0.25) is 0 Å². The molecule has 0 saturated carbocycles. The van der Waals surface area contributed by atoms with Crippen LogP contribution in [0.4, 0.5) is 0 Å². The number of nitrogens with zero attached hydrogens (tertiary/aromatic N) is 3. The number of β-amino-alcohol motifs (C(OH)–C–C–N with tert-alkyl or cyclic N) is 1. The number of aliphatic hydroxyl groups is 1. The number of aromatic nitrogens is 3. The van der Waals surface area contributed by atoms with Crippen LogP contribution in [0.1, 0.15) is 5.69 Å². The SMILES string of the molecule is Cn1ncc(CC2=CC(O)CNC2)n1. The Balaban J connectivity index is 2.03. The Morgan fingerprint density at radius 3 is 3.21 bits per heavy atom. The highest BCUT2D eigenvalue weighted by Crippen LogP contribution is 2.07. The molecule has 2 heterocycles. The number of hydrogen-bond donors (Lipinski definition) is 2. The van der Waals surface area contributed by atoms with Crippen molar-refractivity contribution in [2.24, 2.45) is 7.05 Å². The minimum Gasteiger partial charge on any atom is -0.388 e. The van der Waals surface area contributed by atoms with Crippen molar-refractivity contribution >= 4 is 0 Å². The third kappa shape index (κ3) is 2.18. The van der Waals surface area contributed by atoms with E-state index in [1.165, 1.54) is 5.57 Å². The van der Waals surface area contributed by atoms with E-state index in [2.05, 4.69) is 15.5 Å². The summed E-state index contributed by atoms with van der Waals surface area (Å²) < 4.78 is 0. The van der Waals surface area contributed by atoms with Gasteiger partial charge in [0.05, 0.1) is 18.0 Å². The zero-order valence-electron chi connectivity index (χ0n) is 8.14. The van der Waals surface area contributed by atoms with Crippen LogP contribution in [0.3, 0.4) is 0 Å². The van der Waals surface area contributed by atoms with Crippen molar-refractivity contribution in [1.29, 1.82) is 0 Å². The Morgan fingerprint density at radius 1 is 1.71 bits per heavy atom. The first-order valence-corrected chi connectivity index (χ1v) is 4.67. The van der Waals surface area contributed by atoms with Crippen LogP contribution in [-0.2, 0) is 13.5 Å². The molecule has 2 rings (SSSR count). The third-order valence-corrected chi connectivity index (χ3v) is 2.19. The second-order valence-corrected chi connectivity index (χ2v) is 3.53. The molecule has 0 amide bonds. The van der Waals surface area contributed by atoms with Gasteiger partial charge in [0.1, 0.15) is 0 Å². The van der Waals surface area contributed by atoms with Crippen LogP contribution in [0.5, 0.6) is 0 Å². The van der Waals surface area contributed by atoms with Crippen LogP contribution in [0.15, 0.2) is 17.8 Å². The van der Waals surface area contributed by atoms with Gasteiger partial charge in [0.2, 0.25) is 0 Å². The van der Waals surface area contributed by atoms with E-state index in [1.807, 2.05) is 6.08 Å². The lowest BCUT2D eigenvalue weighted by molar-refractivity contribution is 0.212. The van der Waals surface area contributed by atoms with Gasteiger partial charge < -0.3 is 10.4 Å². The van der Waals surface area contributed by atoms with Gasteiger partial charge in [0.25, 0.3) is 0 Å². The topological polar surface area (TPSA) is 63.0 Å². The Bertz CT molecular complexity index is 344. The first kappa shape index (κ1) is 9.36. The number of rotatable bonds is 2. The highest BCUT2D eigenvalue weighted by molar-refractivity contribution is 5.17. The van der Waals surface area contributed by atoms with Crippen molar-refractivity contribution in [3.8, 4) is 0 Å². The fourth-order valence-corrected chi connectivity index (χ4v) is 1.59. The molecule has 14 heavy (non-hydrogen) atoms. The average Bonchev–Trinajstić information content (AvgIpc) is 2.51. The van der Waals surface area contributed by atoms with E-state index < -0.39 is 0 Å². The van der Waals surface area contributed by atoms with Crippen molar-refractivity contribution < 1.29 is 5.11 Å². The smallest absolute Gasteiger partial charge is 0.0867 e. The summed E-state index contributed by atoms with van der Waals surface area (Å²) in [5.41, 5.74) is 2.11. The fourth-order valence-electron chi connectivity index (χ4n) is 1.59. The molecule has 5 nitrogen and oxygen atoms in total. The number of aryl methyl sites for hydroxylation is 1. The molecule has 1 atom stereocenters. The zero-order chi connectivity index (χ0) is 9.97. The number of nitrogens with one attached hydrogen (secondary N) is 1. The van der Waals surface area contributed by atoms with Gasteiger partial charge >= 0.3 is 0 Å². The van der Waals surface area contributed by atoms with Crippen LogP contribution in [0, 0.1) is 0 Å². The monoisotopic (exact) mass is 194 g/mol. The summed E-state index contributed by atoms with van der Waals surface area (Å²) in [6.07, 6.45) is 4.04. The zero-order valence-corrected chi connectivity index (χ0v) is 8.14. The summed E-state index contributed by atoms with van der Waals surface area (Å²) in [5, 5.41) is 20.7. The molecule has 5 heteroatoms. The van der Waals surface area contributed by atoms with Gasteiger partial charge in [0, 0.05) is 26.6 Å². The van der Waals surface area contributed by atoms with Crippen molar-refractivity contribution in [2.75, 3.05) is 13.1 Å². The van der Waals surface area contributed by atoms with Crippen LogP contribution < -0.4 is 5.32 Å². The van der Waals surface area contributed by atoms with Crippen LogP contribution in [0.25, 0.3) is 0 Å². The molecule has 1 unspecified atom stereocenters. The predicted octanol–water partition coefficient (Wildman–Crippen LogP) is -0.752. The Labute approximate surface area is 82.4 Å². The van der Waals surface area contributed by atoms with E-state index in [4.69, 9.17) is 0 Å². The molecule has 0 radical (unpaired) electrons. The average molecular weight is 194 g/mol. The van der Waals surface area contributed by atoms with Gasteiger partial charge in [-0.05, 0) is 0 Å². The molecule has 0 aromatic carbocycles. The highest BCUT2D eigenvalue weighted by atomic mass is 16.3. The standard InChI is InChI=1S/C9H14N4O/c1-13-11-5-8(12-13)2-7-3-9(14)6-10-4-7/h3,5,9-10,14H,2,4,6H2,1H3. The third-order valence-electron chi connectivity index (χ3n) is 2.19. The number of aliphatic hydroxyl groups excluding tert-OH is 1. The highest BCUT2D eigenvalue weighted by Gasteiger charge is 2.11. The molecule has 0 aliphatic carbocycles. The van der Waals surface area contributed by atoms with Gasteiger partial charge in [0.15, 0.2) is 0 Å². The molecule has 76 valence electrons. The lowest BCUT2D eigenvalue weighted by atomic mass is 10.1. The van der Waals surface area contributed by atoms with E-state index >= 15 is 0 Å². The summed E-state index contributed by atoms with van der Waals surface area (Å²) in [6.45, 7) is 1.47. The minimum atomic E-state index is -0.365. The molecule has 0 bridgehead atoms. The van der Waals surface area contributed by atoms with E-state index in [-0.39, 0.29) is 6.10 Å². The molecule has 2 N–H and O–H groups in total. The molecule has 1 aliphatic heterocycles. The van der Waals surface area contributed by atoms with Crippen molar-refractivity contribution in [1.82, 2.24) is 20.3 Å². The second-order valence-electron chi connectivity index (χ2n) is 3.53. The second kappa shape index (κ2) is 3.89. The van der Waals surface area contributed by atoms with E-state index in [9.17, 15) is 5.11 Å². The van der Waals surface area contributed by atoms with Crippen molar-refractivity contribution in [3.63, 3.8) is 0 Å². The van der Waals surface area contributed by atoms with Gasteiger partial charge in [-0.25, -0.2) is 0 Å². The normalized spacial score (nSPS) is 22.1. The molecule has 1 aliphatic rings. The lowest BCUT2D eigenvalue weighted by Crippen LogP contribution is -2.32. The van der Waals surface area contributed by atoms with Gasteiger partial charge in [-0.2, -0.15) is 15.0 Å². The van der Waals surface area contributed by atoms with Gasteiger partial charge in [-0.1, -0.05) is 11.6 Å². The largest absolute Gasteiger partial charge is 0.388 e. The Hall–Kier alpha value is -1.20. The quantitative estimate of drug-likeness (QED) is 0.608. The molecule has 0 spiro atoms. The maximum Gasteiger partial charge on any atom is 0.0867 e. The number of hydrogen-bond acceptors (Lipinski definition) is 4. The van der Waals surface area contributed by atoms with E-state index in [0.717, 1.165) is 18.7 Å². The van der Waals surface area contributed by atoms with Gasteiger partial charge in [-0.15, -0.1) is 0 Å². The summed E-state index contributed by atoms with van der Waals surface area (Å²) in [4.78, 5) is 1.54. The predicted molar refractivity (Wildman–Crippen MR) is 51.7 cm³/mol. The molecule has 0 saturated heterocycles. The van der Waals surface area contributed by atoms with Crippen LogP contribution >= 0.6 is 0 Å². The summed E-state index contributed by atoms with van der Waals surface area (Å²) in [6, 6.07) is 0. The van der Waals surface area contributed by atoms with Crippen molar-refractivity contribution in [3.05, 3.63) is 23.5 Å². The lowest BCUT2D eigenvalue weighted by Gasteiger charge is -2.17. The molecular weight excluding hydrogens is 180 g/mol. The van der Waals surface area contributed by atoms with Crippen LogP contribution in [-0.4, -0.2) is 39.3 Å². The molecule has 1 aromatic heterocycles. The van der Waals surface area contributed by atoms with E-state index in [0.29, 0.717) is 6.54 Å². The van der Waals surface area contributed by atoms with Crippen molar-refractivity contribution in [2.45, 2.75) is 12.5 Å². The van der Waals surface area contributed by atoms with E-state index in [1.54, 1.807) is 18.0 Å². The summed E-state index contributed by atoms with van der Waals surface area (Å²) in [7, 11) is 1.80. The minimum absolute atomic E-state index is 0.365. The fraction of sp³-hybridized carbons (Fsp3) is 0.556. The van der Waals surface area contributed by atoms with Gasteiger partial charge in [-0.3, -0.25) is 0 Å². The molecular formula is C9H14N4O. The molecule has 0 fully saturated rings. The summed E-state index contributed by atoms with van der Waals surface area (Å²) >= 11 is 0. The first-order valence-electron chi connectivity index (χ1n) is 4.67. The maximum atomic E-state index is 9.38. The maximum absolute atomic E-state index is 9.38. The Morgan fingerprint density at radius 2 is 2.57 bits per heavy atom. The summed E-state index contributed by atoms with van der Waals surface area (Å²) in [5.74, 6) is 0.